The van der Waals surface area contributed by atoms with Crippen LogP contribution in [0.25, 0.3) is 22.0 Å². The Balaban J connectivity index is 1.25. The van der Waals surface area contributed by atoms with E-state index in [0.717, 1.165) is 18.3 Å². The van der Waals surface area contributed by atoms with E-state index in [1.54, 1.807) is 31.3 Å². The number of rotatable bonds is 10. The number of anilines is 1. The van der Waals surface area contributed by atoms with E-state index in [4.69, 9.17) is 4.98 Å². The molecular formula is C40H34F7N9O4S. The highest BCUT2D eigenvalue weighted by atomic mass is 32.2. The molecule has 0 spiro atoms. The van der Waals surface area contributed by atoms with Gasteiger partial charge in [-0.1, -0.05) is 18.1 Å². The predicted molar refractivity (Wildman–Crippen MR) is 204 cm³/mol. The van der Waals surface area contributed by atoms with Gasteiger partial charge in [0.2, 0.25) is 5.91 Å². The van der Waals surface area contributed by atoms with Crippen molar-refractivity contribution in [2.24, 2.45) is 20.0 Å². The molecule has 4 heterocycles. The quantitative estimate of drug-likeness (QED) is 0.110. The van der Waals surface area contributed by atoms with Gasteiger partial charge in [-0.3, -0.25) is 23.6 Å². The first-order chi connectivity index (χ1) is 28.5. The summed E-state index contributed by atoms with van der Waals surface area (Å²) in [6.45, 7) is 1.75. The number of nitrogens with zero attached hydrogens (tertiary/aromatic N) is 7. The lowest BCUT2D eigenvalue weighted by molar-refractivity contribution is -0.142. The van der Waals surface area contributed by atoms with Crippen LogP contribution in [0.4, 0.5) is 36.6 Å². The number of halogens is 7. The molecule has 13 nitrogen and oxygen atoms in total. The maximum Gasteiger partial charge on any atom is 0.435 e. The van der Waals surface area contributed by atoms with Crippen LogP contribution in [-0.4, -0.2) is 59.4 Å². The zero-order chi connectivity index (χ0) is 44.0. The molecule has 1 fully saturated rings. The number of aromatic nitrogens is 7. The summed E-state index contributed by atoms with van der Waals surface area (Å²) < 4.78 is 135. The number of aliphatic hydroxyl groups is 1. The van der Waals surface area contributed by atoms with Crippen LogP contribution in [0.3, 0.4) is 0 Å². The molecule has 0 bridgehead atoms. The summed E-state index contributed by atoms with van der Waals surface area (Å²) in [5, 5.41) is 25.1. The summed E-state index contributed by atoms with van der Waals surface area (Å²) >= 11 is 0. The third kappa shape index (κ3) is 7.92. The van der Waals surface area contributed by atoms with Crippen LogP contribution in [0, 0.1) is 29.4 Å². The number of alkyl halides is 5. The first kappa shape index (κ1) is 41.5. The second kappa shape index (κ2) is 14.4. The summed E-state index contributed by atoms with van der Waals surface area (Å²) in [7, 11) is -1.09. The van der Waals surface area contributed by atoms with Gasteiger partial charge in [0.1, 0.15) is 40.1 Å². The number of hydrogen-bond donors (Lipinski definition) is 3. The van der Waals surface area contributed by atoms with E-state index < -0.39 is 93.1 Å². The fraction of sp³-hybridized carbons (Fsp3) is 0.325. The predicted octanol–water partition coefficient (Wildman–Crippen LogP) is 6.09. The third-order valence-electron chi connectivity index (χ3n) is 10.3. The van der Waals surface area contributed by atoms with Crippen LogP contribution in [0.15, 0.2) is 65.8 Å². The van der Waals surface area contributed by atoms with E-state index >= 15 is 8.78 Å². The molecule has 2 aliphatic carbocycles. The van der Waals surface area contributed by atoms with E-state index in [1.807, 2.05) is 0 Å². The minimum absolute atomic E-state index is 0.000301. The lowest BCUT2D eigenvalue weighted by atomic mass is 9.93. The molecule has 6 aromatic rings. The Morgan fingerprint density at radius 1 is 1.05 bits per heavy atom. The lowest BCUT2D eigenvalue weighted by Gasteiger charge is -2.23. The van der Waals surface area contributed by atoms with Gasteiger partial charge in [0, 0.05) is 54.4 Å². The van der Waals surface area contributed by atoms with Crippen molar-refractivity contribution in [1.29, 1.82) is 0 Å². The number of benzene rings is 2. The lowest BCUT2D eigenvalue weighted by Crippen LogP contribution is -2.35. The van der Waals surface area contributed by atoms with Crippen LogP contribution < -0.4 is 10.0 Å². The second-order valence-electron chi connectivity index (χ2n) is 15.5. The number of aryl methyl sites for hydroxylation is 2. The van der Waals surface area contributed by atoms with Crippen molar-refractivity contribution in [1.82, 2.24) is 39.6 Å². The fourth-order valence-corrected chi connectivity index (χ4v) is 8.76. The normalized spacial score (nSPS) is 17.4. The molecule has 0 radical (unpaired) electrons. The van der Waals surface area contributed by atoms with Crippen LogP contribution in [-0.2, 0) is 54.0 Å². The van der Waals surface area contributed by atoms with Gasteiger partial charge in [0.05, 0.1) is 23.4 Å². The minimum atomic E-state index is -5.09. The Hall–Kier alpha value is -6.27. The molecule has 2 aromatic carbocycles. The standard InChI is InChI=1S/C40H34F7N9O4S/c1-38(2,58)11-10-23-8-9-25(26-6-5-7-27-34(26)55(4)52-37(27)53-61(59,60)24-17-48-54(3)18-24)33(49-23)30(14-20-12-21(41)15-22(42)13-20)50-31(57)19-56-36-32(35(51-56)40(45,46)47)28-16-29(28)39(36,43)44/h5-9,12-13,15,17-18,28-30,58H,14,16,19H2,1-4H3,(H,50,57)(H,52,53)/t28?,29-,30+/m1/s1. The maximum absolute atomic E-state index is 15.4. The number of fused-ring (bicyclic) bond motifs is 4. The van der Waals surface area contributed by atoms with Crippen LogP contribution in [0.2, 0.25) is 0 Å². The first-order valence-corrected chi connectivity index (χ1v) is 20.0. The Kier molecular flexibility index (Phi) is 9.81. The van der Waals surface area contributed by atoms with Crippen molar-refractivity contribution >= 4 is 32.7 Å². The van der Waals surface area contributed by atoms with Crippen LogP contribution in [0.5, 0.6) is 0 Å². The number of pyridine rings is 1. The van der Waals surface area contributed by atoms with E-state index in [-0.39, 0.29) is 39.6 Å². The third-order valence-corrected chi connectivity index (χ3v) is 11.6. The Morgan fingerprint density at radius 2 is 1.77 bits per heavy atom. The average Bonchev–Trinajstić information content (AvgIpc) is 3.37. The van der Waals surface area contributed by atoms with E-state index in [9.17, 15) is 40.3 Å². The van der Waals surface area contributed by atoms with Crippen molar-refractivity contribution in [3.8, 4) is 23.0 Å². The SMILES string of the molecule is Cn1cc(S(=O)(=O)Nc2nn(C)c3c(-c4ccc(C#CC(C)(C)O)nc4[C@H](Cc4cc(F)cc(F)c4)NC(=O)Cn4nc(C(F)(F)F)c5c4C(F)(F)[C@@H]4CC54)cccc23)cn1. The van der Waals surface area contributed by atoms with Crippen molar-refractivity contribution in [3.63, 3.8) is 0 Å². The topological polar surface area (TPSA) is 162 Å². The molecule has 1 amide bonds. The zero-order valence-electron chi connectivity index (χ0n) is 32.5. The molecule has 3 N–H and O–H groups in total. The zero-order valence-corrected chi connectivity index (χ0v) is 33.3. The van der Waals surface area contributed by atoms with Gasteiger partial charge >= 0.3 is 6.18 Å². The van der Waals surface area contributed by atoms with Gasteiger partial charge in [-0.15, -0.1) is 0 Å². The Bertz CT molecular complexity index is 2920. The molecule has 1 unspecified atom stereocenters. The second-order valence-corrected chi connectivity index (χ2v) is 17.2. The number of carbonyl (C=O) groups is 1. The average molecular weight is 870 g/mol. The number of hydrogen-bond acceptors (Lipinski definition) is 8. The molecule has 61 heavy (non-hydrogen) atoms. The molecule has 1 saturated carbocycles. The molecule has 8 rings (SSSR count). The van der Waals surface area contributed by atoms with Crippen molar-refractivity contribution in [2.45, 2.75) is 67.8 Å². The van der Waals surface area contributed by atoms with Gasteiger partial charge < -0.3 is 10.4 Å². The molecule has 2 aliphatic rings. The van der Waals surface area contributed by atoms with Gasteiger partial charge in [0.15, 0.2) is 11.5 Å². The largest absolute Gasteiger partial charge is 0.435 e. The summed E-state index contributed by atoms with van der Waals surface area (Å²) in [5.41, 5.74) is -3.65. The van der Waals surface area contributed by atoms with Crippen LogP contribution >= 0.6 is 0 Å². The molecule has 4 aromatic heterocycles. The van der Waals surface area contributed by atoms with Gasteiger partial charge in [-0.2, -0.15) is 37.2 Å². The summed E-state index contributed by atoms with van der Waals surface area (Å²) in [5.74, 6) is -3.82. The van der Waals surface area contributed by atoms with Gasteiger partial charge in [-0.25, -0.2) is 22.2 Å². The Morgan fingerprint density at radius 3 is 2.43 bits per heavy atom. The monoisotopic (exact) mass is 869 g/mol. The number of para-hydroxylation sites is 1. The molecule has 21 heteroatoms. The number of amides is 1. The maximum atomic E-state index is 15.4. The molecule has 318 valence electrons. The van der Waals surface area contributed by atoms with Crippen molar-refractivity contribution in [2.75, 3.05) is 4.72 Å². The number of nitrogens with one attached hydrogen (secondary N) is 2. The van der Waals surface area contributed by atoms with E-state index in [2.05, 4.69) is 37.2 Å². The molecule has 3 atom stereocenters. The van der Waals surface area contributed by atoms with Crippen molar-refractivity contribution in [3.05, 3.63) is 106 Å². The highest BCUT2D eigenvalue weighted by Crippen LogP contribution is 2.68. The summed E-state index contributed by atoms with van der Waals surface area (Å²) in [4.78, 5) is 18.5. The van der Waals surface area contributed by atoms with Crippen LogP contribution in [0.1, 0.15) is 66.1 Å². The minimum Gasteiger partial charge on any atom is -0.378 e. The summed E-state index contributed by atoms with van der Waals surface area (Å²) in [6, 6.07) is 9.06. The summed E-state index contributed by atoms with van der Waals surface area (Å²) in [6.07, 6.45) is -3.19. The molecule has 0 aliphatic heterocycles. The highest BCUT2D eigenvalue weighted by Gasteiger charge is 2.68. The number of sulfonamides is 1. The van der Waals surface area contributed by atoms with Gasteiger partial charge in [-0.05, 0) is 74.4 Å². The number of carbonyl (C=O) groups excluding carboxylic acids is 1. The fourth-order valence-electron chi connectivity index (χ4n) is 7.76. The molecular weight excluding hydrogens is 836 g/mol. The van der Waals surface area contributed by atoms with Gasteiger partial charge in [0.25, 0.3) is 15.9 Å². The van der Waals surface area contributed by atoms with Crippen molar-refractivity contribution < 1.29 is 49.1 Å². The highest BCUT2D eigenvalue weighted by molar-refractivity contribution is 7.92. The smallest absolute Gasteiger partial charge is 0.378 e. The van der Waals surface area contributed by atoms with E-state index in [0.29, 0.717) is 27.2 Å². The molecule has 0 saturated heterocycles. The van der Waals surface area contributed by atoms with E-state index in [1.165, 1.54) is 42.5 Å². The first-order valence-electron chi connectivity index (χ1n) is 18.5. The Labute approximate surface area is 342 Å².